The monoisotopic (exact) mass is 522 g/mol. The van der Waals surface area contributed by atoms with E-state index in [1.807, 2.05) is 42.5 Å². The first-order chi connectivity index (χ1) is 16.6. The molecule has 7 N–H and O–H groups in total. The van der Waals surface area contributed by atoms with Crippen LogP contribution < -0.4 is 16.8 Å². The van der Waals surface area contributed by atoms with E-state index in [1.54, 1.807) is 0 Å². The lowest BCUT2D eigenvalue weighted by Crippen LogP contribution is -2.57. The maximum Gasteiger partial charge on any atom is 0.335 e. The van der Waals surface area contributed by atoms with E-state index in [1.165, 1.54) is 4.90 Å². The summed E-state index contributed by atoms with van der Waals surface area (Å²) < 4.78 is 11.0. The number of piperidine rings is 1. The predicted molar refractivity (Wildman–Crippen MR) is 136 cm³/mol. The summed E-state index contributed by atoms with van der Waals surface area (Å²) in [6.07, 6.45) is 1.93. The second-order valence-electron chi connectivity index (χ2n) is 8.62. The van der Waals surface area contributed by atoms with Gasteiger partial charge < -0.3 is 31.5 Å². The Hall–Kier alpha value is -2.43. The molecule has 2 aromatic carbocycles. The number of thioether (sulfide) groups is 1. The molecule has 1 aliphatic rings. The molecule has 1 fully saturated rings. The van der Waals surface area contributed by atoms with Crippen molar-refractivity contribution < 1.29 is 28.7 Å². The van der Waals surface area contributed by atoms with Crippen LogP contribution in [0.2, 0.25) is 0 Å². The molecule has 3 unspecified atom stereocenters. The van der Waals surface area contributed by atoms with Crippen LogP contribution in [0.3, 0.4) is 0 Å². The molecule has 10 nitrogen and oxygen atoms in total. The van der Waals surface area contributed by atoms with Crippen LogP contribution in [0.25, 0.3) is 10.8 Å². The SMILES string of the molecule is NC(=O)C(CNC(=O)C1CCCCN1C(=O)C(N)CSCP(=O)(O)O)c1ccc2ccccc2c1. The van der Waals surface area contributed by atoms with Crippen LogP contribution in [0.4, 0.5) is 0 Å². The lowest BCUT2D eigenvalue weighted by Gasteiger charge is -2.36. The molecule has 0 radical (unpaired) electrons. The number of amides is 3. The number of nitrogens with one attached hydrogen (secondary N) is 1. The lowest BCUT2D eigenvalue weighted by molar-refractivity contribution is -0.143. The molecular weight excluding hydrogens is 491 g/mol. The summed E-state index contributed by atoms with van der Waals surface area (Å²) in [6, 6.07) is 11.6. The van der Waals surface area contributed by atoms with Gasteiger partial charge in [-0.25, -0.2) is 0 Å². The molecule has 1 aliphatic heterocycles. The number of nitrogens with two attached hydrogens (primary N) is 2. The van der Waals surface area contributed by atoms with Gasteiger partial charge in [0.1, 0.15) is 6.04 Å². The van der Waals surface area contributed by atoms with Crippen LogP contribution in [0.5, 0.6) is 0 Å². The fourth-order valence-electron chi connectivity index (χ4n) is 4.18. The predicted octanol–water partition coefficient (Wildman–Crippen LogP) is 1.10. The fourth-order valence-corrected chi connectivity index (χ4v) is 5.95. The van der Waals surface area contributed by atoms with Gasteiger partial charge >= 0.3 is 7.60 Å². The van der Waals surface area contributed by atoms with Gasteiger partial charge in [0.05, 0.1) is 17.5 Å². The third kappa shape index (κ3) is 7.52. The number of fused-ring (bicyclic) bond motifs is 1. The maximum atomic E-state index is 13.0. The zero-order valence-electron chi connectivity index (χ0n) is 19.2. The van der Waals surface area contributed by atoms with Gasteiger partial charge in [-0.05, 0) is 35.6 Å². The minimum Gasteiger partial charge on any atom is -0.369 e. The standard InChI is InChI=1S/C23H31N4O6PS/c24-19(13-35-14-34(31,32)33)23(30)27-10-4-3-7-20(27)22(29)26-12-18(21(25)28)17-9-8-15-5-1-2-6-16(15)11-17/h1-2,5-6,8-9,11,18-20H,3-4,7,10,12-14,24H2,(H2,25,28)(H,26,29)(H2,31,32,33). The number of carbonyl (C=O) groups excluding carboxylic acids is 3. The van der Waals surface area contributed by atoms with Crippen molar-refractivity contribution in [1.29, 1.82) is 0 Å². The number of carbonyl (C=O) groups is 3. The number of likely N-dealkylation sites (tertiary alicyclic amines) is 1. The lowest BCUT2D eigenvalue weighted by atomic mass is 9.95. The van der Waals surface area contributed by atoms with E-state index in [-0.39, 0.29) is 18.2 Å². The summed E-state index contributed by atoms with van der Waals surface area (Å²) in [4.78, 5) is 57.5. The Balaban J connectivity index is 1.65. The highest BCUT2D eigenvalue weighted by atomic mass is 32.2. The molecule has 35 heavy (non-hydrogen) atoms. The molecule has 0 spiro atoms. The van der Waals surface area contributed by atoms with Crippen LogP contribution in [0.1, 0.15) is 30.7 Å². The Bertz CT molecular complexity index is 1130. The Morgan fingerprint density at radius 2 is 1.86 bits per heavy atom. The van der Waals surface area contributed by atoms with Crippen molar-refractivity contribution in [2.75, 3.05) is 24.3 Å². The summed E-state index contributed by atoms with van der Waals surface area (Å²) in [5, 5.41) is 4.76. The molecule has 0 saturated carbocycles. The molecule has 0 aromatic heterocycles. The van der Waals surface area contributed by atoms with Crippen molar-refractivity contribution in [3.63, 3.8) is 0 Å². The average Bonchev–Trinajstić information content (AvgIpc) is 2.82. The van der Waals surface area contributed by atoms with E-state index in [4.69, 9.17) is 21.3 Å². The molecule has 0 aliphatic carbocycles. The Kier molecular flexibility index (Phi) is 9.32. The molecule has 3 amide bonds. The van der Waals surface area contributed by atoms with E-state index in [2.05, 4.69) is 5.32 Å². The van der Waals surface area contributed by atoms with Gasteiger partial charge in [0.15, 0.2) is 0 Å². The number of benzene rings is 2. The quantitative estimate of drug-likeness (QED) is 0.288. The fraction of sp³-hybridized carbons (Fsp3) is 0.435. The van der Waals surface area contributed by atoms with Gasteiger partial charge in [-0.15, -0.1) is 11.8 Å². The van der Waals surface area contributed by atoms with Crippen LogP contribution >= 0.6 is 19.4 Å². The van der Waals surface area contributed by atoms with Gasteiger partial charge in [0.25, 0.3) is 0 Å². The highest BCUT2D eigenvalue weighted by molar-refractivity contribution is 8.04. The number of hydrogen-bond acceptors (Lipinski definition) is 6. The normalized spacial score (nSPS) is 18.1. The summed E-state index contributed by atoms with van der Waals surface area (Å²) >= 11 is 0.898. The van der Waals surface area contributed by atoms with Gasteiger partial charge in [0, 0.05) is 18.8 Å². The number of primary amides is 1. The first-order valence-electron chi connectivity index (χ1n) is 11.3. The van der Waals surface area contributed by atoms with Crippen LogP contribution in [0.15, 0.2) is 42.5 Å². The first kappa shape index (κ1) is 27.2. The second-order valence-corrected chi connectivity index (χ2v) is 11.7. The minimum absolute atomic E-state index is 0.00473. The van der Waals surface area contributed by atoms with Gasteiger partial charge in [-0.2, -0.15) is 0 Å². The van der Waals surface area contributed by atoms with Crippen LogP contribution in [-0.2, 0) is 18.9 Å². The zero-order chi connectivity index (χ0) is 25.6. The van der Waals surface area contributed by atoms with E-state index in [0.29, 0.717) is 18.5 Å². The average molecular weight is 523 g/mol. The van der Waals surface area contributed by atoms with E-state index in [0.717, 1.165) is 35.4 Å². The van der Waals surface area contributed by atoms with Crippen LogP contribution in [-0.4, -0.2) is 68.8 Å². The molecule has 3 atom stereocenters. The third-order valence-corrected chi connectivity index (χ3v) is 8.63. The number of rotatable bonds is 10. The summed E-state index contributed by atoms with van der Waals surface area (Å²) in [7, 11) is -4.20. The Morgan fingerprint density at radius 1 is 1.14 bits per heavy atom. The molecule has 2 aromatic rings. The topological polar surface area (TPSA) is 176 Å². The highest BCUT2D eigenvalue weighted by Gasteiger charge is 2.35. The third-order valence-electron chi connectivity index (χ3n) is 5.96. The van der Waals surface area contributed by atoms with Crippen molar-refractivity contribution in [2.24, 2.45) is 11.5 Å². The molecule has 3 rings (SSSR count). The molecule has 0 bridgehead atoms. The summed E-state index contributed by atoms with van der Waals surface area (Å²) in [6.45, 7) is 0.354. The van der Waals surface area contributed by atoms with Crippen molar-refractivity contribution in [3.8, 4) is 0 Å². The Morgan fingerprint density at radius 3 is 2.54 bits per heavy atom. The number of hydrogen-bond donors (Lipinski definition) is 5. The van der Waals surface area contributed by atoms with Crippen molar-refractivity contribution >= 4 is 47.9 Å². The second kappa shape index (κ2) is 12.0. The van der Waals surface area contributed by atoms with Crippen molar-refractivity contribution in [1.82, 2.24) is 10.2 Å². The Labute approximate surface area is 208 Å². The molecule has 1 heterocycles. The maximum absolute atomic E-state index is 13.0. The zero-order valence-corrected chi connectivity index (χ0v) is 20.9. The molecule has 12 heteroatoms. The summed E-state index contributed by atoms with van der Waals surface area (Å²) in [5.74, 6) is -2.10. The minimum atomic E-state index is -4.20. The van der Waals surface area contributed by atoms with Crippen molar-refractivity contribution in [3.05, 3.63) is 48.0 Å². The molecular formula is C23H31N4O6PS. The van der Waals surface area contributed by atoms with Crippen LogP contribution in [0, 0.1) is 0 Å². The molecule has 190 valence electrons. The van der Waals surface area contributed by atoms with Gasteiger partial charge in [-0.3, -0.25) is 18.9 Å². The smallest absolute Gasteiger partial charge is 0.335 e. The van der Waals surface area contributed by atoms with Gasteiger partial charge in [-0.1, -0.05) is 42.5 Å². The van der Waals surface area contributed by atoms with Crippen molar-refractivity contribution in [2.45, 2.75) is 37.3 Å². The van der Waals surface area contributed by atoms with Gasteiger partial charge in [0.2, 0.25) is 17.7 Å². The largest absolute Gasteiger partial charge is 0.369 e. The summed E-state index contributed by atoms with van der Waals surface area (Å²) in [5.41, 5.74) is 11.9. The van der Waals surface area contributed by atoms with E-state index < -0.39 is 42.9 Å². The first-order valence-corrected chi connectivity index (χ1v) is 14.3. The molecule has 1 saturated heterocycles. The number of nitrogens with zero attached hydrogens (tertiary/aromatic N) is 1. The van der Waals surface area contributed by atoms with E-state index >= 15 is 0 Å². The van der Waals surface area contributed by atoms with E-state index in [9.17, 15) is 18.9 Å². The highest BCUT2D eigenvalue weighted by Crippen LogP contribution is 2.38.